The zero-order valence-electron chi connectivity index (χ0n) is 16.7. The molecule has 0 saturated carbocycles. The number of fused-ring (bicyclic) bond motifs is 1. The molecule has 8 heteroatoms. The van der Waals surface area contributed by atoms with Crippen molar-refractivity contribution in [3.8, 4) is 5.75 Å². The lowest BCUT2D eigenvalue weighted by Gasteiger charge is -2.28. The summed E-state index contributed by atoms with van der Waals surface area (Å²) in [5.41, 5.74) is 2.70. The summed E-state index contributed by atoms with van der Waals surface area (Å²) in [4.78, 5) is 13.4. The number of nitrogens with zero attached hydrogens (tertiary/aromatic N) is 1. The van der Waals surface area contributed by atoms with Gasteiger partial charge in [0.15, 0.2) is 0 Å². The standard InChI is InChI=1S/C21H26N2O4S2/c1-3-28-20-7-5-4-6-19(20)21(24)22-11-13-29(25,26)23-12-10-16-14-18(27-2)9-8-17(16)15-23/h4-9,14H,3,10-13,15H2,1-2H3,(H,22,24). The molecule has 0 unspecified atom stereocenters. The van der Waals surface area contributed by atoms with Crippen LogP contribution in [-0.2, 0) is 23.0 Å². The van der Waals surface area contributed by atoms with Gasteiger partial charge in [0, 0.05) is 24.5 Å². The molecule has 0 spiro atoms. The molecule has 0 saturated heterocycles. The van der Waals surface area contributed by atoms with E-state index in [0.29, 0.717) is 25.1 Å². The van der Waals surface area contributed by atoms with Crippen LogP contribution >= 0.6 is 11.8 Å². The van der Waals surface area contributed by atoms with Gasteiger partial charge >= 0.3 is 0 Å². The highest BCUT2D eigenvalue weighted by atomic mass is 32.2. The fourth-order valence-electron chi connectivity index (χ4n) is 3.32. The van der Waals surface area contributed by atoms with E-state index in [0.717, 1.165) is 27.5 Å². The molecular weight excluding hydrogens is 408 g/mol. The van der Waals surface area contributed by atoms with Crippen LogP contribution < -0.4 is 10.1 Å². The Morgan fingerprint density at radius 2 is 2.00 bits per heavy atom. The van der Waals surface area contributed by atoms with E-state index in [-0.39, 0.29) is 18.2 Å². The van der Waals surface area contributed by atoms with Crippen LogP contribution in [0.1, 0.15) is 28.4 Å². The van der Waals surface area contributed by atoms with Crippen LogP contribution in [0.3, 0.4) is 0 Å². The van der Waals surface area contributed by atoms with E-state index in [9.17, 15) is 13.2 Å². The molecule has 0 radical (unpaired) electrons. The first-order valence-electron chi connectivity index (χ1n) is 9.58. The number of thioether (sulfide) groups is 1. The van der Waals surface area contributed by atoms with E-state index in [1.807, 2.05) is 43.3 Å². The second-order valence-corrected chi connectivity index (χ2v) is 10.1. The van der Waals surface area contributed by atoms with Crippen molar-refractivity contribution >= 4 is 27.7 Å². The van der Waals surface area contributed by atoms with Crippen LogP contribution in [0.2, 0.25) is 0 Å². The third kappa shape index (κ3) is 5.32. The van der Waals surface area contributed by atoms with E-state index in [1.54, 1.807) is 24.9 Å². The van der Waals surface area contributed by atoms with Crippen molar-refractivity contribution in [2.24, 2.45) is 0 Å². The Morgan fingerprint density at radius 3 is 2.76 bits per heavy atom. The normalized spacial score (nSPS) is 14.3. The van der Waals surface area contributed by atoms with Crippen LogP contribution in [-0.4, -0.2) is 50.3 Å². The molecule has 0 aromatic heterocycles. The minimum atomic E-state index is -3.46. The number of carbonyl (C=O) groups is 1. The summed E-state index contributed by atoms with van der Waals surface area (Å²) < 4.78 is 32.2. The first-order valence-corrected chi connectivity index (χ1v) is 12.2. The predicted octanol–water partition coefficient (Wildman–Crippen LogP) is 2.93. The van der Waals surface area contributed by atoms with Crippen LogP contribution in [0.25, 0.3) is 0 Å². The van der Waals surface area contributed by atoms with Crippen LogP contribution in [0.4, 0.5) is 0 Å². The molecule has 3 rings (SSSR count). The van der Waals surface area contributed by atoms with Crippen molar-refractivity contribution in [2.45, 2.75) is 24.8 Å². The molecule has 1 aliphatic heterocycles. The number of rotatable bonds is 8. The van der Waals surface area contributed by atoms with Gasteiger partial charge in [0.1, 0.15) is 5.75 Å². The number of methoxy groups -OCH3 is 1. The number of amides is 1. The molecule has 156 valence electrons. The number of sulfonamides is 1. The van der Waals surface area contributed by atoms with Crippen LogP contribution in [0, 0.1) is 0 Å². The van der Waals surface area contributed by atoms with Gasteiger partial charge in [-0.05, 0) is 47.6 Å². The third-order valence-corrected chi connectivity index (χ3v) is 7.64. The molecule has 1 amide bonds. The molecule has 2 aromatic carbocycles. The zero-order valence-corrected chi connectivity index (χ0v) is 18.3. The van der Waals surface area contributed by atoms with Gasteiger partial charge in [-0.2, -0.15) is 4.31 Å². The molecule has 6 nitrogen and oxygen atoms in total. The first kappa shape index (κ1) is 21.7. The average Bonchev–Trinajstić information content (AvgIpc) is 2.73. The Labute approximate surface area is 176 Å². The smallest absolute Gasteiger partial charge is 0.252 e. The first-order chi connectivity index (χ1) is 13.9. The summed E-state index contributed by atoms with van der Waals surface area (Å²) in [6, 6.07) is 13.1. The van der Waals surface area contributed by atoms with Gasteiger partial charge in [-0.3, -0.25) is 4.79 Å². The third-order valence-electron chi connectivity index (χ3n) is 4.86. The minimum absolute atomic E-state index is 0.0816. The van der Waals surface area contributed by atoms with E-state index in [4.69, 9.17) is 4.74 Å². The quantitative estimate of drug-likeness (QED) is 0.647. The van der Waals surface area contributed by atoms with Gasteiger partial charge in [0.25, 0.3) is 5.91 Å². The van der Waals surface area contributed by atoms with Crippen LogP contribution in [0.15, 0.2) is 47.4 Å². The van der Waals surface area contributed by atoms with Crippen molar-refractivity contribution in [1.82, 2.24) is 9.62 Å². The van der Waals surface area contributed by atoms with E-state index < -0.39 is 10.0 Å². The molecule has 2 aromatic rings. The molecule has 0 aliphatic carbocycles. The number of benzene rings is 2. The van der Waals surface area contributed by atoms with Gasteiger partial charge in [-0.15, -0.1) is 11.8 Å². The summed E-state index contributed by atoms with van der Waals surface area (Å²) in [6.07, 6.45) is 0.653. The Bertz CT molecular complexity index is 976. The van der Waals surface area contributed by atoms with Gasteiger partial charge < -0.3 is 10.1 Å². The lowest BCUT2D eigenvalue weighted by Crippen LogP contribution is -2.40. The zero-order chi connectivity index (χ0) is 20.9. The van der Waals surface area contributed by atoms with Crippen molar-refractivity contribution in [3.05, 3.63) is 59.2 Å². The number of ether oxygens (including phenoxy) is 1. The lowest BCUT2D eigenvalue weighted by molar-refractivity contribution is 0.0953. The monoisotopic (exact) mass is 434 g/mol. The maximum absolute atomic E-state index is 12.8. The Kier molecular flexibility index (Phi) is 7.21. The van der Waals surface area contributed by atoms with E-state index in [2.05, 4.69) is 5.32 Å². The molecule has 0 atom stereocenters. The Morgan fingerprint density at radius 1 is 1.21 bits per heavy atom. The molecule has 0 bridgehead atoms. The van der Waals surface area contributed by atoms with Crippen molar-refractivity contribution in [3.63, 3.8) is 0 Å². The minimum Gasteiger partial charge on any atom is -0.497 e. The summed E-state index contributed by atoms with van der Waals surface area (Å²) in [5.74, 6) is 1.28. The van der Waals surface area contributed by atoms with E-state index >= 15 is 0 Å². The highest BCUT2D eigenvalue weighted by molar-refractivity contribution is 7.99. The van der Waals surface area contributed by atoms with Gasteiger partial charge in [0.2, 0.25) is 10.0 Å². The summed E-state index contributed by atoms with van der Waals surface area (Å²) in [6.45, 7) is 2.90. The molecule has 1 aliphatic rings. The van der Waals surface area contributed by atoms with Gasteiger partial charge in [-0.25, -0.2) is 8.42 Å². The van der Waals surface area contributed by atoms with E-state index in [1.165, 1.54) is 4.31 Å². The summed E-state index contributed by atoms with van der Waals surface area (Å²) in [5, 5.41) is 2.75. The maximum atomic E-state index is 12.8. The molecule has 0 fully saturated rings. The Hall–Kier alpha value is -2.03. The number of nitrogens with one attached hydrogen (secondary N) is 1. The van der Waals surface area contributed by atoms with Crippen molar-refractivity contribution < 1.29 is 17.9 Å². The fraction of sp³-hybridized carbons (Fsp3) is 0.381. The topological polar surface area (TPSA) is 75.7 Å². The largest absolute Gasteiger partial charge is 0.497 e. The molecule has 29 heavy (non-hydrogen) atoms. The number of carbonyl (C=O) groups excluding carboxylic acids is 1. The van der Waals surface area contributed by atoms with Crippen molar-refractivity contribution in [1.29, 1.82) is 0 Å². The summed E-state index contributed by atoms with van der Waals surface area (Å²) >= 11 is 1.59. The average molecular weight is 435 g/mol. The maximum Gasteiger partial charge on any atom is 0.252 e. The van der Waals surface area contributed by atoms with Gasteiger partial charge in [-0.1, -0.05) is 25.1 Å². The van der Waals surface area contributed by atoms with Crippen molar-refractivity contribution in [2.75, 3.05) is 31.7 Å². The number of hydrogen-bond donors (Lipinski definition) is 1. The highest BCUT2D eigenvalue weighted by Gasteiger charge is 2.27. The fourth-order valence-corrected chi connectivity index (χ4v) is 5.45. The molecule has 1 N–H and O–H groups in total. The highest BCUT2D eigenvalue weighted by Crippen LogP contribution is 2.25. The predicted molar refractivity (Wildman–Crippen MR) is 116 cm³/mol. The van der Waals surface area contributed by atoms with Gasteiger partial charge in [0.05, 0.1) is 18.4 Å². The molecular formula is C21H26N2O4S2. The Balaban J connectivity index is 1.58. The summed E-state index contributed by atoms with van der Waals surface area (Å²) in [7, 11) is -1.84. The van der Waals surface area contributed by atoms with Crippen LogP contribution in [0.5, 0.6) is 5.75 Å². The molecule has 1 heterocycles. The second-order valence-electron chi connectivity index (χ2n) is 6.72. The SMILES string of the molecule is CCSc1ccccc1C(=O)NCCS(=O)(=O)N1CCc2cc(OC)ccc2C1. The lowest BCUT2D eigenvalue weighted by atomic mass is 10.0. The second kappa shape index (κ2) is 9.65. The number of hydrogen-bond acceptors (Lipinski definition) is 5.